The van der Waals surface area contributed by atoms with Crippen molar-refractivity contribution in [3.8, 4) is 0 Å². The summed E-state index contributed by atoms with van der Waals surface area (Å²) in [5, 5.41) is 12.4. The van der Waals surface area contributed by atoms with Gasteiger partial charge in [0.15, 0.2) is 0 Å². The lowest BCUT2D eigenvalue weighted by atomic mass is 9.77. The summed E-state index contributed by atoms with van der Waals surface area (Å²) in [5.41, 5.74) is 6.03. The molecule has 0 aliphatic heterocycles. The van der Waals surface area contributed by atoms with E-state index in [0.29, 0.717) is 12.5 Å². The van der Waals surface area contributed by atoms with E-state index in [-0.39, 0.29) is 17.4 Å². The van der Waals surface area contributed by atoms with E-state index in [4.69, 9.17) is 5.73 Å². The van der Waals surface area contributed by atoms with Gasteiger partial charge in [0.2, 0.25) is 0 Å². The molecule has 0 saturated carbocycles. The highest BCUT2D eigenvalue weighted by atomic mass is 32.1. The van der Waals surface area contributed by atoms with Gasteiger partial charge in [-0.1, -0.05) is 33.8 Å². The molecule has 1 heterocycles. The van der Waals surface area contributed by atoms with Crippen molar-refractivity contribution in [1.29, 1.82) is 0 Å². The maximum Gasteiger partial charge on any atom is 0.0631 e. The lowest BCUT2D eigenvalue weighted by Crippen LogP contribution is -2.30. The highest BCUT2D eigenvalue weighted by molar-refractivity contribution is 7.10. The van der Waals surface area contributed by atoms with Gasteiger partial charge in [0.05, 0.1) is 6.10 Å². The van der Waals surface area contributed by atoms with E-state index in [2.05, 4.69) is 33.8 Å². The lowest BCUT2D eigenvalue weighted by molar-refractivity contribution is 0.0903. The van der Waals surface area contributed by atoms with Gasteiger partial charge in [0.25, 0.3) is 0 Å². The van der Waals surface area contributed by atoms with Crippen LogP contribution in [-0.2, 0) is 0 Å². The summed E-state index contributed by atoms with van der Waals surface area (Å²) in [4.78, 5) is 1.20. The third kappa shape index (κ3) is 4.09. The van der Waals surface area contributed by atoms with E-state index in [0.717, 1.165) is 6.42 Å². The summed E-state index contributed by atoms with van der Waals surface area (Å²) in [7, 11) is 0. The fraction of sp³-hybridized carbons (Fsp3) is 0.714. The van der Waals surface area contributed by atoms with Gasteiger partial charge in [-0.05, 0) is 29.2 Å². The van der Waals surface area contributed by atoms with E-state index in [9.17, 15) is 5.11 Å². The number of hydrogen-bond acceptors (Lipinski definition) is 3. The molecule has 3 heteroatoms. The van der Waals surface area contributed by atoms with Crippen LogP contribution in [0.4, 0.5) is 0 Å². The molecule has 0 bridgehead atoms. The molecule has 0 amide bonds. The topological polar surface area (TPSA) is 46.2 Å². The molecule has 1 rings (SSSR count). The monoisotopic (exact) mass is 255 g/mol. The number of hydrogen-bond donors (Lipinski definition) is 2. The van der Waals surface area contributed by atoms with E-state index in [1.807, 2.05) is 11.4 Å². The second kappa shape index (κ2) is 5.98. The molecule has 2 nitrogen and oxygen atoms in total. The minimum atomic E-state index is -0.340. The summed E-state index contributed by atoms with van der Waals surface area (Å²) in [6.45, 7) is 9.36. The molecular formula is C14H25NOS. The molecule has 1 aromatic rings. The highest BCUT2D eigenvalue weighted by Gasteiger charge is 2.27. The zero-order chi connectivity index (χ0) is 13.1. The maximum absolute atomic E-state index is 10.3. The average Bonchev–Trinajstić information content (AvgIpc) is 2.70. The molecule has 3 atom stereocenters. The summed E-state index contributed by atoms with van der Waals surface area (Å²) >= 11 is 1.68. The first-order chi connectivity index (χ1) is 7.86. The molecule has 0 fully saturated rings. The minimum absolute atomic E-state index is 0.0831. The van der Waals surface area contributed by atoms with Crippen molar-refractivity contribution in [3.63, 3.8) is 0 Å². The normalized spacial score (nSPS) is 17.8. The molecule has 3 N–H and O–H groups in total. The van der Waals surface area contributed by atoms with E-state index >= 15 is 0 Å². The van der Waals surface area contributed by atoms with Crippen LogP contribution in [0.5, 0.6) is 0 Å². The molecule has 98 valence electrons. The minimum Gasteiger partial charge on any atom is -0.392 e. The molecule has 0 saturated heterocycles. The molecule has 17 heavy (non-hydrogen) atoms. The van der Waals surface area contributed by atoms with Crippen molar-refractivity contribution in [3.05, 3.63) is 22.4 Å². The molecule has 0 radical (unpaired) electrons. The molecule has 0 aromatic carbocycles. The zero-order valence-corrected chi connectivity index (χ0v) is 12.1. The number of nitrogens with two attached hydrogens (primary N) is 1. The van der Waals surface area contributed by atoms with Gasteiger partial charge in [-0.3, -0.25) is 0 Å². The number of rotatable bonds is 5. The Morgan fingerprint density at radius 3 is 2.47 bits per heavy atom. The van der Waals surface area contributed by atoms with Gasteiger partial charge in [-0.15, -0.1) is 11.3 Å². The number of thiophene rings is 1. The Bertz CT molecular complexity index is 315. The Morgan fingerprint density at radius 2 is 2.06 bits per heavy atom. The molecule has 0 aliphatic rings. The molecule has 3 unspecified atom stereocenters. The van der Waals surface area contributed by atoms with Gasteiger partial charge in [0, 0.05) is 17.3 Å². The van der Waals surface area contributed by atoms with Gasteiger partial charge in [-0.25, -0.2) is 0 Å². The van der Waals surface area contributed by atoms with Gasteiger partial charge >= 0.3 is 0 Å². The third-order valence-electron chi connectivity index (χ3n) is 3.70. The maximum atomic E-state index is 10.3. The van der Waals surface area contributed by atoms with Crippen molar-refractivity contribution in [1.82, 2.24) is 0 Å². The predicted molar refractivity (Wildman–Crippen MR) is 75.4 cm³/mol. The van der Waals surface area contributed by atoms with Crippen molar-refractivity contribution < 1.29 is 5.11 Å². The Balaban J connectivity index is 2.65. The standard InChI is InChI=1S/C14H25NOS/c1-10(14(2,3)4)8-12(16)11(9-15)13-6-5-7-17-13/h5-7,10-12,16H,8-9,15H2,1-4H3. The molecule has 1 aromatic heterocycles. The van der Waals surface area contributed by atoms with Crippen LogP contribution in [0.15, 0.2) is 17.5 Å². The number of aliphatic hydroxyl groups is 1. The fourth-order valence-electron chi connectivity index (χ4n) is 1.85. The van der Waals surface area contributed by atoms with Crippen molar-refractivity contribution >= 4 is 11.3 Å². The van der Waals surface area contributed by atoms with Crippen LogP contribution in [0.2, 0.25) is 0 Å². The summed E-state index contributed by atoms with van der Waals surface area (Å²) in [6.07, 6.45) is 0.469. The summed E-state index contributed by atoms with van der Waals surface area (Å²) in [6, 6.07) is 4.08. The first kappa shape index (κ1) is 14.7. The SMILES string of the molecule is CC(CC(O)C(CN)c1cccs1)C(C)(C)C. The third-order valence-corrected chi connectivity index (χ3v) is 4.70. The first-order valence-electron chi connectivity index (χ1n) is 6.27. The van der Waals surface area contributed by atoms with Crippen LogP contribution >= 0.6 is 11.3 Å². The Morgan fingerprint density at radius 1 is 1.41 bits per heavy atom. The highest BCUT2D eigenvalue weighted by Crippen LogP contribution is 2.33. The van der Waals surface area contributed by atoms with Crippen LogP contribution < -0.4 is 5.73 Å². The van der Waals surface area contributed by atoms with Crippen molar-refractivity contribution in [2.45, 2.75) is 46.1 Å². The second-order valence-corrected chi connectivity index (χ2v) is 6.91. The zero-order valence-electron chi connectivity index (χ0n) is 11.3. The summed E-state index contributed by atoms with van der Waals surface area (Å²) in [5.74, 6) is 0.561. The Kier molecular flexibility index (Phi) is 5.17. The van der Waals surface area contributed by atoms with Crippen LogP contribution in [0.3, 0.4) is 0 Å². The molecule has 0 aliphatic carbocycles. The quantitative estimate of drug-likeness (QED) is 0.848. The smallest absolute Gasteiger partial charge is 0.0631 e. The van der Waals surface area contributed by atoms with Crippen LogP contribution in [0.25, 0.3) is 0 Å². The van der Waals surface area contributed by atoms with Crippen molar-refractivity contribution in [2.75, 3.05) is 6.54 Å². The van der Waals surface area contributed by atoms with Gasteiger partial charge in [-0.2, -0.15) is 0 Å². The second-order valence-electron chi connectivity index (χ2n) is 5.93. The Labute approximate surface area is 109 Å². The predicted octanol–water partition coefficient (Wildman–Crippen LogP) is 3.22. The van der Waals surface area contributed by atoms with Crippen LogP contribution in [0.1, 0.15) is 44.9 Å². The average molecular weight is 255 g/mol. The van der Waals surface area contributed by atoms with E-state index in [1.165, 1.54) is 4.88 Å². The molecule has 0 spiro atoms. The molecular weight excluding hydrogens is 230 g/mol. The van der Waals surface area contributed by atoms with Crippen LogP contribution in [-0.4, -0.2) is 17.8 Å². The first-order valence-corrected chi connectivity index (χ1v) is 7.15. The van der Waals surface area contributed by atoms with Crippen molar-refractivity contribution in [2.24, 2.45) is 17.1 Å². The van der Waals surface area contributed by atoms with Gasteiger partial charge < -0.3 is 10.8 Å². The van der Waals surface area contributed by atoms with Gasteiger partial charge in [0.1, 0.15) is 0 Å². The summed E-state index contributed by atoms with van der Waals surface area (Å²) < 4.78 is 0. The fourth-order valence-corrected chi connectivity index (χ4v) is 2.74. The lowest BCUT2D eigenvalue weighted by Gasteiger charge is -2.31. The van der Waals surface area contributed by atoms with E-state index < -0.39 is 0 Å². The Hall–Kier alpha value is -0.380. The largest absolute Gasteiger partial charge is 0.392 e. The van der Waals surface area contributed by atoms with Crippen LogP contribution in [0, 0.1) is 11.3 Å². The number of aliphatic hydroxyl groups excluding tert-OH is 1. The van der Waals surface area contributed by atoms with E-state index in [1.54, 1.807) is 11.3 Å².